The van der Waals surface area contributed by atoms with Crippen molar-refractivity contribution < 1.29 is 8.42 Å². The standard InChI is InChI=1S/C17H22N2O2S/c1-12(2)11-22(20,21)19-16-7-4-14(5-8-16)15-6-9-17(18)13(3)10-15/h4-10,12,19H,11,18H2,1-3H3. The summed E-state index contributed by atoms with van der Waals surface area (Å²) in [6.07, 6.45) is 0. The summed E-state index contributed by atoms with van der Waals surface area (Å²) >= 11 is 0. The maximum Gasteiger partial charge on any atom is 0.232 e. The summed E-state index contributed by atoms with van der Waals surface area (Å²) in [6.45, 7) is 5.73. The molecule has 0 radical (unpaired) electrons. The molecule has 0 aliphatic carbocycles. The SMILES string of the molecule is Cc1cc(-c2ccc(NS(=O)(=O)CC(C)C)cc2)ccc1N. The minimum atomic E-state index is -3.29. The molecule has 0 saturated heterocycles. The van der Waals surface area contributed by atoms with Crippen LogP contribution in [0.5, 0.6) is 0 Å². The molecule has 22 heavy (non-hydrogen) atoms. The van der Waals surface area contributed by atoms with E-state index in [4.69, 9.17) is 5.73 Å². The van der Waals surface area contributed by atoms with Gasteiger partial charge in [-0.05, 0) is 53.8 Å². The third-order valence-corrected chi connectivity index (χ3v) is 4.97. The minimum absolute atomic E-state index is 0.0922. The normalized spacial score (nSPS) is 11.6. The molecular weight excluding hydrogens is 296 g/mol. The van der Waals surface area contributed by atoms with Crippen LogP contribution in [0.25, 0.3) is 11.1 Å². The topological polar surface area (TPSA) is 72.2 Å². The van der Waals surface area contributed by atoms with Gasteiger partial charge in [0.2, 0.25) is 10.0 Å². The minimum Gasteiger partial charge on any atom is -0.399 e. The van der Waals surface area contributed by atoms with E-state index < -0.39 is 10.0 Å². The Labute approximate surface area is 132 Å². The summed E-state index contributed by atoms with van der Waals surface area (Å²) in [6, 6.07) is 13.2. The quantitative estimate of drug-likeness (QED) is 0.827. The van der Waals surface area contributed by atoms with Crippen LogP contribution in [0.2, 0.25) is 0 Å². The lowest BCUT2D eigenvalue weighted by atomic mass is 10.0. The van der Waals surface area contributed by atoms with E-state index >= 15 is 0 Å². The lowest BCUT2D eigenvalue weighted by Crippen LogP contribution is -2.19. The van der Waals surface area contributed by atoms with Crippen LogP contribution in [0.4, 0.5) is 11.4 Å². The molecule has 118 valence electrons. The van der Waals surface area contributed by atoms with Crippen molar-refractivity contribution in [2.24, 2.45) is 5.92 Å². The average Bonchev–Trinajstić information content (AvgIpc) is 2.41. The second kappa shape index (κ2) is 6.40. The molecule has 3 N–H and O–H groups in total. The fourth-order valence-electron chi connectivity index (χ4n) is 2.25. The predicted molar refractivity (Wildman–Crippen MR) is 93.3 cm³/mol. The van der Waals surface area contributed by atoms with E-state index in [1.807, 2.05) is 51.1 Å². The summed E-state index contributed by atoms with van der Waals surface area (Å²) < 4.78 is 26.4. The van der Waals surface area contributed by atoms with E-state index in [0.29, 0.717) is 5.69 Å². The number of anilines is 2. The Hall–Kier alpha value is -2.01. The lowest BCUT2D eigenvalue weighted by molar-refractivity contribution is 0.587. The summed E-state index contributed by atoms with van der Waals surface area (Å²) in [5.74, 6) is 0.209. The van der Waals surface area contributed by atoms with E-state index in [1.54, 1.807) is 12.1 Å². The molecule has 0 aliphatic heterocycles. The van der Waals surface area contributed by atoms with Gasteiger partial charge in [-0.15, -0.1) is 0 Å². The van der Waals surface area contributed by atoms with Crippen molar-refractivity contribution in [3.05, 3.63) is 48.0 Å². The largest absolute Gasteiger partial charge is 0.399 e. The number of nitrogens with two attached hydrogens (primary N) is 1. The first kappa shape index (κ1) is 16.4. The van der Waals surface area contributed by atoms with Crippen molar-refractivity contribution in [1.82, 2.24) is 0 Å². The van der Waals surface area contributed by atoms with E-state index in [1.165, 1.54) is 0 Å². The van der Waals surface area contributed by atoms with Gasteiger partial charge in [0, 0.05) is 11.4 Å². The summed E-state index contributed by atoms with van der Waals surface area (Å²) in [5.41, 5.74) is 10.3. The smallest absolute Gasteiger partial charge is 0.232 e. The number of hydrogen-bond acceptors (Lipinski definition) is 3. The molecule has 2 aromatic carbocycles. The average molecular weight is 318 g/mol. The van der Waals surface area contributed by atoms with Gasteiger partial charge in [0.15, 0.2) is 0 Å². The fourth-order valence-corrected chi connectivity index (χ4v) is 3.70. The second-order valence-electron chi connectivity index (χ2n) is 5.93. The van der Waals surface area contributed by atoms with Crippen LogP contribution in [-0.2, 0) is 10.0 Å². The highest BCUT2D eigenvalue weighted by atomic mass is 32.2. The summed E-state index contributed by atoms with van der Waals surface area (Å²) in [5, 5.41) is 0. The Balaban J connectivity index is 2.18. The van der Waals surface area contributed by atoms with Gasteiger partial charge in [-0.2, -0.15) is 0 Å². The Kier molecular flexibility index (Phi) is 4.76. The maximum absolute atomic E-state index is 11.9. The van der Waals surface area contributed by atoms with Crippen molar-refractivity contribution >= 4 is 21.4 Å². The van der Waals surface area contributed by atoms with Gasteiger partial charge in [-0.1, -0.05) is 32.0 Å². The van der Waals surface area contributed by atoms with Crippen LogP contribution in [0.15, 0.2) is 42.5 Å². The second-order valence-corrected chi connectivity index (χ2v) is 7.69. The Morgan fingerprint density at radius 1 is 1.05 bits per heavy atom. The van der Waals surface area contributed by atoms with Crippen LogP contribution in [0.1, 0.15) is 19.4 Å². The van der Waals surface area contributed by atoms with Crippen molar-refractivity contribution in [3.63, 3.8) is 0 Å². The maximum atomic E-state index is 11.9. The van der Waals surface area contributed by atoms with Crippen LogP contribution in [0.3, 0.4) is 0 Å². The van der Waals surface area contributed by atoms with E-state index in [9.17, 15) is 8.42 Å². The third-order valence-electron chi connectivity index (χ3n) is 3.31. The Morgan fingerprint density at radius 3 is 2.18 bits per heavy atom. The fraction of sp³-hybridized carbons (Fsp3) is 0.294. The summed E-state index contributed by atoms with van der Waals surface area (Å²) in [4.78, 5) is 0. The number of sulfonamides is 1. The molecule has 2 aromatic rings. The Bertz CT molecular complexity index is 751. The van der Waals surface area contributed by atoms with Crippen LogP contribution < -0.4 is 10.5 Å². The highest BCUT2D eigenvalue weighted by Crippen LogP contribution is 2.25. The Morgan fingerprint density at radius 2 is 1.64 bits per heavy atom. The zero-order chi connectivity index (χ0) is 16.3. The zero-order valence-corrected chi connectivity index (χ0v) is 13.9. The highest BCUT2D eigenvalue weighted by Gasteiger charge is 2.12. The first-order chi connectivity index (χ1) is 10.3. The van der Waals surface area contributed by atoms with E-state index in [0.717, 1.165) is 22.4 Å². The highest BCUT2D eigenvalue weighted by molar-refractivity contribution is 7.92. The van der Waals surface area contributed by atoms with Gasteiger partial charge in [0.05, 0.1) is 5.75 Å². The van der Waals surface area contributed by atoms with Crippen LogP contribution in [-0.4, -0.2) is 14.2 Å². The predicted octanol–water partition coefficient (Wildman–Crippen LogP) is 3.64. The van der Waals surface area contributed by atoms with Crippen LogP contribution in [0, 0.1) is 12.8 Å². The first-order valence-corrected chi connectivity index (χ1v) is 8.89. The van der Waals surface area contributed by atoms with Gasteiger partial charge in [-0.25, -0.2) is 8.42 Å². The molecule has 0 aromatic heterocycles. The van der Waals surface area contributed by atoms with Gasteiger partial charge in [0.25, 0.3) is 0 Å². The monoisotopic (exact) mass is 318 g/mol. The summed E-state index contributed by atoms with van der Waals surface area (Å²) in [7, 11) is -3.29. The first-order valence-electron chi connectivity index (χ1n) is 7.24. The number of nitrogen functional groups attached to an aromatic ring is 1. The number of nitrogens with one attached hydrogen (secondary N) is 1. The van der Waals surface area contributed by atoms with Crippen molar-refractivity contribution in [3.8, 4) is 11.1 Å². The van der Waals surface area contributed by atoms with E-state index in [-0.39, 0.29) is 11.7 Å². The molecular formula is C17H22N2O2S. The van der Waals surface area contributed by atoms with Crippen LogP contribution >= 0.6 is 0 Å². The molecule has 5 heteroatoms. The lowest BCUT2D eigenvalue weighted by Gasteiger charge is -2.11. The molecule has 0 aliphatic rings. The third kappa shape index (κ3) is 4.24. The van der Waals surface area contributed by atoms with Gasteiger partial charge >= 0.3 is 0 Å². The molecule has 0 fully saturated rings. The van der Waals surface area contributed by atoms with Crippen molar-refractivity contribution in [1.29, 1.82) is 0 Å². The molecule has 0 saturated carbocycles. The molecule has 0 bridgehead atoms. The van der Waals surface area contributed by atoms with Crippen molar-refractivity contribution in [2.45, 2.75) is 20.8 Å². The van der Waals surface area contributed by atoms with Gasteiger partial charge in [0.1, 0.15) is 0 Å². The number of benzene rings is 2. The van der Waals surface area contributed by atoms with Crippen molar-refractivity contribution in [2.75, 3.05) is 16.2 Å². The molecule has 0 heterocycles. The van der Waals surface area contributed by atoms with Gasteiger partial charge in [-0.3, -0.25) is 4.72 Å². The van der Waals surface area contributed by atoms with E-state index in [2.05, 4.69) is 4.72 Å². The molecule has 2 rings (SSSR count). The number of hydrogen-bond donors (Lipinski definition) is 2. The molecule has 4 nitrogen and oxygen atoms in total. The molecule has 0 atom stereocenters. The molecule has 0 amide bonds. The number of rotatable bonds is 5. The number of aryl methyl sites for hydroxylation is 1. The molecule has 0 unspecified atom stereocenters. The van der Waals surface area contributed by atoms with Gasteiger partial charge < -0.3 is 5.73 Å². The zero-order valence-electron chi connectivity index (χ0n) is 13.1. The molecule has 0 spiro atoms.